The van der Waals surface area contributed by atoms with E-state index in [1.807, 2.05) is 22.6 Å². The first-order valence-electron chi connectivity index (χ1n) is 7.02. The summed E-state index contributed by atoms with van der Waals surface area (Å²) in [6.45, 7) is 0. The van der Waals surface area contributed by atoms with Crippen molar-refractivity contribution in [2.24, 2.45) is 0 Å². The van der Waals surface area contributed by atoms with E-state index in [0.29, 0.717) is 25.9 Å². The van der Waals surface area contributed by atoms with Crippen LogP contribution in [0, 0.1) is 3.77 Å². The number of halogens is 2. The fourth-order valence-electron chi connectivity index (χ4n) is 1.97. The molecule has 0 fully saturated rings. The lowest BCUT2D eigenvalue weighted by Crippen LogP contribution is -1.96. The molecule has 3 rings (SSSR count). The van der Waals surface area contributed by atoms with E-state index < -0.39 is 5.97 Å². The molecule has 1 N–H and O–H groups in total. The minimum Gasteiger partial charge on any atom is -0.496 e. The summed E-state index contributed by atoms with van der Waals surface area (Å²) in [5.74, 6) is -0.0464. The third-order valence-electron chi connectivity index (χ3n) is 3.07. The van der Waals surface area contributed by atoms with Gasteiger partial charge in [-0.3, -0.25) is 0 Å². The van der Waals surface area contributed by atoms with E-state index in [-0.39, 0.29) is 16.0 Å². The van der Waals surface area contributed by atoms with Crippen LogP contribution in [-0.4, -0.2) is 28.4 Å². The number of thioether (sulfide) groups is 1. The van der Waals surface area contributed by atoms with Crippen molar-refractivity contribution in [3.8, 4) is 17.2 Å². The van der Waals surface area contributed by atoms with Crippen LogP contribution in [0.4, 0.5) is 0 Å². The maximum atomic E-state index is 11.5. The number of furan rings is 1. The van der Waals surface area contributed by atoms with Gasteiger partial charge in [0.05, 0.1) is 12.7 Å². The van der Waals surface area contributed by atoms with Crippen molar-refractivity contribution in [3.63, 3.8) is 0 Å². The van der Waals surface area contributed by atoms with Crippen molar-refractivity contribution in [2.45, 2.75) is 5.22 Å². The molecule has 0 radical (unpaired) electrons. The summed E-state index contributed by atoms with van der Waals surface area (Å²) >= 11 is 8.81. The molecule has 0 aliphatic rings. The molecule has 3 aromatic rings. The fraction of sp³-hybridized carbons (Fsp3) is 0.0625. The van der Waals surface area contributed by atoms with Gasteiger partial charge in [0.25, 0.3) is 11.1 Å². The molecule has 0 atom stereocenters. The minimum absolute atomic E-state index is 0.0241. The molecule has 0 aliphatic carbocycles. The van der Waals surface area contributed by atoms with Crippen molar-refractivity contribution in [3.05, 3.63) is 49.8 Å². The highest BCUT2D eigenvalue weighted by atomic mass is 127. The van der Waals surface area contributed by atoms with Crippen LogP contribution in [0.15, 0.2) is 49.3 Å². The van der Waals surface area contributed by atoms with Crippen molar-refractivity contribution < 1.29 is 23.5 Å². The number of nitrogens with zero attached hydrogens (tertiary/aromatic N) is 2. The van der Waals surface area contributed by atoms with Gasteiger partial charge >= 0.3 is 5.97 Å². The molecule has 2 heterocycles. The lowest BCUT2D eigenvalue weighted by atomic mass is 10.2. The van der Waals surface area contributed by atoms with E-state index in [0.717, 1.165) is 11.8 Å². The number of methoxy groups -OCH3 is 1. The van der Waals surface area contributed by atoms with Crippen LogP contribution in [0.3, 0.4) is 0 Å². The average Bonchev–Trinajstić information content (AvgIpc) is 3.23. The molecule has 0 unspecified atom stereocenters. The smallest absolute Gasteiger partial charge is 0.342 e. The SMILES string of the molecule is COc1ccc(Cl)cc1-c1nnc(S/C(=C\c2ccc(I)o2)C(=O)O)o1. The third-order valence-corrected chi connectivity index (χ3v) is 4.74. The Balaban J connectivity index is 1.88. The van der Waals surface area contributed by atoms with Crippen LogP contribution < -0.4 is 4.74 Å². The van der Waals surface area contributed by atoms with Gasteiger partial charge in [-0.1, -0.05) is 11.6 Å². The first-order valence-corrected chi connectivity index (χ1v) is 9.29. The maximum absolute atomic E-state index is 11.5. The van der Waals surface area contributed by atoms with Gasteiger partial charge in [0.2, 0.25) is 0 Å². The number of carbonyl (C=O) groups is 1. The number of hydrogen-bond acceptors (Lipinski definition) is 7. The number of rotatable bonds is 6. The molecule has 0 spiro atoms. The number of benzene rings is 1. The second-order valence-corrected chi connectivity index (χ2v) is 7.27. The maximum Gasteiger partial charge on any atom is 0.342 e. The van der Waals surface area contributed by atoms with Gasteiger partial charge in [0.1, 0.15) is 16.4 Å². The van der Waals surface area contributed by atoms with Crippen molar-refractivity contribution in [1.29, 1.82) is 0 Å². The Bertz CT molecular complexity index is 985. The van der Waals surface area contributed by atoms with Crippen LogP contribution in [0.5, 0.6) is 5.75 Å². The molecule has 26 heavy (non-hydrogen) atoms. The second-order valence-electron chi connectivity index (χ2n) is 4.78. The van der Waals surface area contributed by atoms with Gasteiger partial charge in [-0.25, -0.2) is 4.79 Å². The predicted octanol–water partition coefficient (Wildman–Crippen LogP) is 4.81. The Morgan fingerprint density at radius 1 is 1.31 bits per heavy atom. The molecule has 0 bridgehead atoms. The third kappa shape index (κ3) is 4.40. The molecule has 7 nitrogen and oxygen atoms in total. The standard InChI is InChI=1S/C16H10ClIN2O5S/c1-23-11-4-2-8(17)6-10(11)14-19-20-16(25-14)26-12(15(21)22)7-9-3-5-13(18)24-9/h2-7H,1H3,(H,21,22)/b12-7-. The summed E-state index contributed by atoms with van der Waals surface area (Å²) < 4.78 is 16.8. The summed E-state index contributed by atoms with van der Waals surface area (Å²) in [7, 11) is 1.51. The largest absolute Gasteiger partial charge is 0.496 e. The zero-order chi connectivity index (χ0) is 18.7. The van der Waals surface area contributed by atoms with E-state index >= 15 is 0 Å². The highest BCUT2D eigenvalue weighted by Gasteiger charge is 2.18. The topological polar surface area (TPSA) is 98.6 Å². The van der Waals surface area contributed by atoms with Gasteiger partial charge in [-0.15, -0.1) is 10.2 Å². The molecule has 134 valence electrons. The summed E-state index contributed by atoms with van der Waals surface area (Å²) in [5, 5.41) is 17.7. The number of carboxylic acids is 1. The number of aliphatic carboxylic acids is 1. The van der Waals surface area contributed by atoms with Crippen molar-refractivity contribution >= 4 is 58.0 Å². The first kappa shape index (κ1) is 18.8. The number of hydrogen-bond donors (Lipinski definition) is 1. The van der Waals surface area contributed by atoms with Crippen LogP contribution >= 0.6 is 46.0 Å². The zero-order valence-electron chi connectivity index (χ0n) is 13.1. The number of carboxylic acid groups (broad SMARTS) is 1. The molecule has 1 aromatic carbocycles. The molecular weight excluding hydrogens is 495 g/mol. The van der Waals surface area contributed by atoms with Crippen molar-refractivity contribution in [2.75, 3.05) is 7.11 Å². The van der Waals surface area contributed by atoms with Crippen LogP contribution in [0.1, 0.15) is 5.76 Å². The van der Waals surface area contributed by atoms with E-state index in [1.54, 1.807) is 30.3 Å². The Kier molecular flexibility index (Phi) is 5.89. The fourth-order valence-corrected chi connectivity index (χ4v) is 3.23. The molecule has 0 saturated heterocycles. The highest BCUT2D eigenvalue weighted by molar-refractivity contribution is 14.1. The predicted molar refractivity (Wildman–Crippen MR) is 104 cm³/mol. The quantitative estimate of drug-likeness (QED) is 0.290. The van der Waals surface area contributed by atoms with Crippen LogP contribution in [0.2, 0.25) is 5.02 Å². The van der Waals surface area contributed by atoms with E-state index in [9.17, 15) is 9.90 Å². The first-order chi connectivity index (χ1) is 12.5. The van der Waals surface area contributed by atoms with E-state index in [2.05, 4.69) is 10.2 Å². The van der Waals surface area contributed by atoms with E-state index in [1.165, 1.54) is 13.2 Å². The lowest BCUT2D eigenvalue weighted by Gasteiger charge is -2.04. The summed E-state index contributed by atoms with van der Waals surface area (Å²) in [6.07, 6.45) is 1.39. The van der Waals surface area contributed by atoms with Crippen molar-refractivity contribution in [1.82, 2.24) is 10.2 Å². The number of ether oxygens (including phenoxy) is 1. The monoisotopic (exact) mass is 504 g/mol. The lowest BCUT2D eigenvalue weighted by molar-refractivity contribution is -0.131. The van der Waals surface area contributed by atoms with Gasteiger partial charge < -0.3 is 18.7 Å². The van der Waals surface area contributed by atoms with Gasteiger partial charge in [0, 0.05) is 11.1 Å². The second kappa shape index (κ2) is 8.14. The van der Waals surface area contributed by atoms with Gasteiger partial charge in [-0.05, 0) is 64.7 Å². The molecule has 0 saturated carbocycles. The average molecular weight is 505 g/mol. The molecule has 0 aliphatic heterocycles. The minimum atomic E-state index is -1.14. The Labute approximate surface area is 170 Å². The Morgan fingerprint density at radius 3 is 2.77 bits per heavy atom. The van der Waals surface area contributed by atoms with E-state index in [4.69, 9.17) is 25.2 Å². The summed E-state index contributed by atoms with van der Waals surface area (Å²) in [5.41, 5.74) is 0.515. The highest BCUT2D eigenvalue weighted by Crippen LogP contribution is 2.35. The molecule has 2 aromatic heterocycles. The Morgan fingerprint density at radius 2 is 2.12 bits per heavy atom. The molecule has 0 amide bonds. The van der Waals surface area contributed by atoms with Gasteiger partial charge in [0.15, 0.2) is 3.77 Å². The van der Waals surface area contributed by atoms with Crippen LogP contribution in [-0.2, 0) is 4.79 Å². The van der Waals surface area contributed by atoms with Gasteiger partial charge in [-0.2, -0.15) is 0 Å². The summed E-state index contributed by atoms with van der Waals surface area (Å²) in [4.78, 5) is 11.5. The summed E-state index contributed by atoms with van der Waals surface area (Å²) in [6, 6.07) is 8.37. The Hall–Kier alpha value is -1.98. The molecule has 10 heteroatoms. The number of aromatic nitrogens is 2. The normalized spacial score (nSPS) is 11.6. The van der Waals surface area contributed by atoms with Crippen LogP contribution in [0.25, 0.3) is 17.5 Å². The zero-order valence-corrected chi connectivity index (χ0v) is 16.8. The molecular formula is C16H10ClIN2O5S.